The molecule has 0 spiro atoms. The van der Waals surface area contributed by atoms with Crippen LogP contribution in [-0.2, 0) is 11.2 Å². The van der Waals surface area contributed by atoms with Crippen LogP contribution in [0.4, 0.5) is 0 Å². The standard InChI is InChI=1S/C15H24O2.C11H14/c1-6-12(4)13-7-9-14(10-8-13)17-15(16-5)11(2)3;1-8-7-10-5-3-4-6-11(10)9(8)2/h7-12,15H,6H2,1-5H3;3-6,8-9H,7H2,1-2H3. The van der Waals surface area contributed by atoms with Gasteiger partial charge in [-0.2, -0.15) is 0 Å². The van der Waals surface area contributed by atoms with Gasteiger partial charge >= 0.3 is 0 Å². The largest absolute Gasteiger partial charge is 0.465 e. The van der Waals surface area contributed by atoms with Gasteiger partial charge in [-0.25, -0.2) is 0 Å². The minimum Gasteiger partial charge on any atom is -0.465 e. The lowest BCUT2D eigenvalue weighted by atomic mass is 9.97. The molecule has 0 saturated carbocycles. The van der Waals surface area contributed by atoms with Crippen molar-refractivity contribution in [3.63, 3.8) is 0 Å². The fourth-order valence-corrected chi connectivity index (χ4v) is 3.70. The Balaban J connectivity index is 0.000000218. The number of rotatable bonds is 6. The molecule has 154 valence electrons. The van der Waals surface area contributed by atoms with Gasteiger partial charge in [0.1, 0.15) is 5.75 Å². The van der Waals surface area contributed by atoms with Crippen LogP contribution in [0.2, 0.25) is 0 Å². The van der Waals surface area contributed by atoms with Crippen molar-refractivity contribution in [3.05, 3.63) is 65.2 Å². The molecule has 2 aromatic carbocycles. The van der Waals surface area contributed by atoms with Crippen LogP contribution in [0.15, 0.2) is 48.5 Å². The van der Waals surface area contributed by atoms with Gasteiger partial charge in [0, 0.05) is 13.0 Å². The molecule has 4 unspecified atom stereocenters. The first-order valence-electron chi connectivity index (χ1n) is 10.7. The minimum absolute atomic E-state index is 0.176. The van der Waals surface area contributed by atoms with E-state index in [9.17, 15) is 0 Å². The van der Waals surface area contributed by atoms with Gasteiger partial charge in [0.15, 0.2) is 0 Å². The zero-order chi connectivity index (χ0) is 20.7. The van der Waals surface area contributed by atoms with Crippen LogP contribution >= 0.6 is 0 Å². The zero-order valence-corrected chi connectivity index (χ0v) is 18.7. The van der Waals surface area contributed by atoms with E-state index in [4.69, 9.17) is 9.47 Å². The van der Waals surface area contributed by atoms with Gasteiger partial charge in [-0.1, -0.05) is 77.9 Å². The van der Waals surface area contributed by atoms with Gasteiger partial charge in [0.05, 0.1) is 0 Å². The maximum absolute atomic E-state index is 5.77. The molecule has 0 N–H and O–H groups in total. The molecular formula is C26H38O2. The van der Waals surface area contributed by atoms with Crippen LogP contribution in [-0.4, -0.2) is 13.4 Å². The van der Waals surface area contributed by atoms with Crippen molar-refractivity contribution >= 4 is 0 Å². The van der Waals surface area contributed by atoms with Gasteiger partial charge < -0.3 is 9.47 Å². The molecule has 2 heteroatoms. The average Bonchev–Trinajstić information content (AvgIpc) is 3.00. The van der Waals surface area contributed by atoms with Gasteiger partial charge in [-0.3, -0.25) is 0 Å². The zero-order valence-electron chi connectivity index (χ0n) is 18.7. The Morgan fingerprint density at radius 1 is 0.964 bits per heavy atom. The monoisotopic (exact) mass is 382 g/mol. The normalized spacial score (nSPS) is 20.1. The van der Waals surface area contributed by atoms with Gasteiger partial charge in [-0.15, -0.1) is 0 Å². The summed E-state index contributed by atoms with van der Waals surface area (Å²) in [4.78, 5) is 0. The molecule has 0 amide bonds. The topological polar surface area (TPSA) is 18.5 Å². The van der Waals surface area contributed by atoms with E-state index < -0.39 is 0 Å². The summed E-state index contributed by atoms with van der Waals surface area (Å²) in [6, 6.07) is 17.1. The van der Waals surface area contributed by atoms with Crippen molar-refractivity contribution in [2.75, 3.05) is 7.11 Å². The van der Waals surface area contributed by atoms with Crippen LogP contribution in [0.5, 0.6) is 5.75 Å². The Morgan fingerprint density at radius 2 is 1.61 bits per heavy atom. The van der Waals surface area contributed by atoms with Crippen molar-refractivity contribution in [1.82, 2.24) is 0 Å². The molecule has 2 nitrogen and oxygen atoms in total. The summed E-state index contributed by atoms with van der Waals surface area (Å²) in [5, 5.41) is 0. The fraction of sp³-hybridized carbons (Fsp3) is 0.538. The predicted molar refractivity (Wildman–Crippen MR) is 119 cm³/mol. The molecule has 0 heterocycles. The molecule has 1 aliphatic rings. The van der Waals surface area contributed by atoms with E-state index in [1.165, 1.54) is 12.0 Å². The number of ether oxygens (including phenoxy) is 2. The quantitative estimate of drug-likeness (QED) is 0.492. The van der Waals surface area contributed by atoms with Crippen LogP contribution in [0, 0.1) is 11.8 Å². The lowest BCUT2D eigenvalue weighted by Crippen LogP contribution is -2.24. The average molecular weight is 383 g/mol. The maximum Gasteiger partial charge on any atom is 0.201 e. The predicted octanol–water partition coefficient (Wildman–Crippen LogP) is 7.19. The van der Waals surface area contributed by atoms with Crippen molar-refractivity contribution in [2.45, 2.75) is 72.5 Å². The Bertz CT molecular complexity index is 705. The molecule has 2 aromatic rings. The maximum atomic E-state index is 5.77. The lowest BCUT2D eigenvalue weighted by Gasteiger charge is -2.21. The van der Waals surface area contributed by atoms with E-state index in [2.05, 4.69) is 77.9 Å². The lowest BCUT2D eigenvalue weighted by molar-refractivity contribution is -0.0833. The third-order valence-electron chi connectivity index (χ3n) is 6.03. The van der Waals surface area contributed by atoms with Crippen molar-refractivity contribution in [1.29, 1.82) is 0 Å². The second-order valence-corrected chi connectivity index (χ2v) is 8.51. The summed E-state index contributed by atoms with van der Waals surface area (Å²) in [6.45, 7) is 13.3. The van der Waals surface area contributed by atoms with E-state index in [0.29, 0.717) is 11.8 Å². The summed E-state index contributed by atoms with van der Waals surface area (Å²) in [7, 11) is 1.68. The van der Waals surface area contributed by atoms with Crippen molar-refractivity contribution < 1.29 is 9.47 Å². The molecule has 3 rings (SSSR count). The highest BCUT2D eigenvalue weighted by Gasteiger charge is 2.24. The Hall–Kier alpha value is -1.80. The minimum atomic E-state index is -0.176. The SMILES string of the molecule is CC1Cc2ccccc2C1C.CCC(C)c1ccc(OC(OC)C(C)C)cc1. The second kappa shape index (κ2) is 10.7. The van der Waals surface area contributed by atoms with E-state index >= 15 is 0 Å². The molecule has 1 aliphatic carbocycles. The summed E-state index contributed by atoms with van der Waals surface area (Å²) in [5.41, 5.74) is 4.49. The van der Waals surface area contributed by atoms with Gasteiger partial charge in [0.2, 0.25) is 6.29 Å². The summed E-state index contributed by atoms with van der Waals surface area (Å²) < 4.78 is 11.1. The van der Waals surface area contributed by atoms with Crippen LogP contribution in [0.3, 0.4) is 0 Å². The number of benzene rings is 2. The van der Waals surface area contributed by atoms with Crippen LogP contribution in [0.25, 0.3) is 0 Å². The molecule has 4 atom stereocenters. The van der Waals surface area contributed by atoms with Crippen LogP contribution in [0.1, 0.15) is 76.5 Å². The third-order valence-corrected chi connectivity index (χ3v) is 6.03. The summed E-state index contributed by atoms with van der Waals surface area (Å²) >= 11 is 0. The van der Waals surface area contributed by atoms with Gasteiger partial charge in [0.25, 0.3) is 0 Å². The van der Waals surface area contributed by atoms with Crippen molar-refractivity contribution in [3.8, 4) is 5.75 Å². The third kappa shape index (κ3) is 5.85. The number of hydrogen-bond donors (Lipinski definition) is 0. The second-order valence-electron chi connectivity index (χ2n) is 8.51. The molecule has 0 radical (unpaired) electrons. The molecule has 28 heavy (non-hydrogen) atoms. The number of hydrogen-bond acceptors (Lipinski definition) is 2. The number of methoxy groups -OCH3 is 1. The smallest absolute Gasteiger partial charge is 0.201 e. The highest BCUT2D eigenvalue weighted by molar-refractivity contribution is 5.35. The summed E-state index contributed by atoms with van der Waals surface area (Å²) in [6.07, 6.45) is 2.26. The Labute approximate surface area is 172 Å². The van der Waals surface area contributed by atoms with E-state index in [1.54, 1.807) is 18.2 Å². The molecule has 0 saturated heterocycles. The molecule has 0 aromatic heterocycles. The molecule has 0 aliphatic heterocycles. The first-order chi connectivity index (χ1) is 13.4. The molecule has 0 bridgehead atoms. The first-order valence-corrected chi connectivity index (χ1v) is 10.7. The van der Waals surface area contributed by atoms with Gasteiger partial charge in [-0.05, 0) is 59.4 Å². The molecule has 0 fully saturated rings. The molecular weight excluding hydrogens is 344 g/mol. The van der Waals surface area contributed by atoms with Crippen molar-refractivity contribution in [2.24, 2.45) is 11.8 Å². The Kier molecular flexibility index (Phi) is 8.57. The first kappa shape index (κ1) is 22.5. The van der Waals surface area contributed by atoms with E-state index in [-0.39, 0.29) is 6.29 Å². The Morgan fingerprint density at radius 3 is 2.14 bits per heavy atom. The van der Waals surface area contributed by atoms with E-state index in [0.717, 1.165) is 24.0 Å². The highest BCUT2D eigenvalue weighted by atomic mass is 16.7. The highest BCUT2D eigenvalue weighted by Crippen LogP contribution is 2.36. The van der Waals surface area contributed by atoms with Crippen LogP contribution < -0.4 is 4.74 Å². The fourth-order valence-electron chi connectivity index (χ4n) is 3.70. The number of fused-ring (bicyclic) bond motifs is 1. The van der Waals surface area contributed by atoms with E-state index in [1.807, 2.05) is 12.1 Å². The summed E-state index contributed by atoms with van der Waals surface area (Å²) in [5.74, 6) is 3.43.